The Morgan fingerprint density at radius 3 is 2.41 bits per heavy atom. The molecule has 0 saturated carbocycles. The Kier molecular flexibility index (Phi) is 5.84. The van der Waals surface area contributed by atoms with Crippen LogP contribution in [0.5, 0.6) is 0 Å². The molecule has 2 aromatic carbocycles. The Hall–Kier alpha value is -2.61. The molecule has 1 N–H and O–H groups in total. The van der Waals surface area contributed by atoms with Crippen molar-refractivity contribution < 1.29 is 23.5 Å². The molecule has 2 aromatic rings. The molecule has 1 heterocycles. The predicted octanol–water partition coefficient (Wildman–Crippen LogP) is 4.75. The van der Waals surface area contributed by atoms with Gasteiger partial charge >= 0.3 is 6.09 Å². The number of carboxylic acid groups (broad SMARTS) is 1. The molecule has 0 spiro atoms. The van der Waals surface area contributed by atoms with E-state index >= 15 is 0 Å². The zero-order valence-corrected chi connectivity index (χ0v) is 17.2. The molecule has 5 nitrogen and oxygen atoms in total. The van der Waals surface area contributed by atoms with Gasteiger partial charge in [0.25, 0.3) is 5.91 Å². The van der Waals surface area contributed by atoms with E-state index in [9.17, 15) is 23.5 Å². The minimum Gasteiger partial charge on any atom is -0.465 e. The van der Waals surface area contributed by atoms with Crippen molar-refractivity contribution in [1.29, 1.82) is 0 Å². The fourth-order valence-corrected chi connectivity index (χ4v) is 4.59. The number of thioether (sulfide) groups is 1. The van der Waals surface area contributed by atoms with E-state index in [4.69, 9.17) is 0 Å². The van der Waals surface area contributed by atoms with Gasteiger partial charge in [0.15, 0.2) is 0 Å². The summed E-state index contributed by atoms with van der Waals surface area (Å²) in [5.41, 5.74) is 0.0720. The number of halogens is 2. The molecular formula is C21H22F2N2O3S. The maximum atomic E-state index is 13.7. The monoisotopic (exact) mass is 420 g/mol. The summed E-state index contributed by atoms with van der Waals surface area (Å²) in [5, 5.41) is 9.78. The third-order valence-corrected chi connectivity index (χ3v) is 5.75. The fourth-order valence-electron chi connectivity index (χ4n) is 3.46. The number of rotatable bonds is 3. The molecule has 3 rings (SSSR count). The van der Waals surface area contributed by atoms with Crippen molar-refractivity contribution >= 4 is 29.4 Å². The van der Waals surface area contributed by atoms with Crippen LogP contribution >= 0.6 is 11.8 Å². The second-order valence-electron chi connectivity index (χ2n) is 7.82. The van der Waals surface area contributed by atoms with Gasteiger partial charge in [0, 0.05) is 22.3 Å². The Balaban J connectivity index is 2.06. The first-order valence-electron chi connectivity index (χ1n) is 9.08. The first-order valence-corrected chi connectivity index (χ1v) is 10.1. The van der Waals surface area contributed by atoms with Gasteiger partial charge in [-0.1, -0.05) is 12.1 Å². The minimum atomic E-state index is -1.20. The highest BCUT2D eigenvalue weighted by Gasteiger charge is 2.41. The average molecular weight is 420 g/mol. The molecule has 0 aromatic heterocycles. The maximum Gasteiger partial charge on any atom is 0.408 e. The number of anilines is 1. The second-order valence-corrected chi connectivity index (χ2v) is 8.88. The fraction of sp³-hybridized carbons (Fsp3) is 0.333. The van der Waals surface area contributed by atoms with Gasteiger partial charge in [-0.05, 0) is 50.6 Å². The summed E-state index contributed by atoms with van der Waals surface area (Å²) in [6.07, 6.45) is -1.20. The summed E-state index contributed by atoms with van der Waals surface area (Å²) in [4.78, 5) is 28.8. The van der Waals surface area contributed by atoms with Crippen molar-refractivity contribution in [1.82, 2.24) is 4.90 Å². The number of para-hydroxylation sites is 1. The van der Waals surface area contributed by atoms with Crippen LogP contribution in [0.3, 0.4) is 0 Å². The number of nitrogens with zero attached hydrogens (tertiary/aromatic N) is 2. The molecule has 154 valence electrons. The molecule has 0 aliphatic carbocycles. The summed E-state index contributed by atoms with van der Waals surface area (Å²) >= 11 is 1.39. The Morgan fingerprint density at radius 1 is 1.21 bits per heavy atom. The largest absolute Gasteiger partial charge is 0.465 e. The summed E-state index contributed by atoms with van der Waals surface area (Å²) in [5.74, 6) is -1.65. The summed E-state index contributed by atoms with van der Waals surface area (Å²) in [6, 6.07) is 9.36. The topological polar surface area (TPSA) is 60.9 Å². The van der Waals surface area contributed by atoms with E-state index in [1.807, 2.05) is 12.1 Å². The summed E-state index contributed by atoms with van der Waals surface area (Å²) < 4.78 is 27.4. The number of hydrogen-bond acceptors (Lipinski definition) is 3. The molecule has 0 radical (unpaired) electrons. The van der Waals surface area contributed by atoms with E-state index < -0.39 is 35.2 Å². The average Bonchev–Trinajstić information content (AvgIpc) is 2.72. The van der Waals surface area contributed by atoms with Crippen molar-refractivity contribution in [3.8, 4) is 0 Å². The smallest absolute Gasteiger partial charge is 0.408 e. The third kappa shape index (κ3) is 4.53. The zero-order valence-electron chi connectivity index (χ0n) is 16.4. The number of benzene rings is 2. The second kappa shape index (κ2) is 8.02. The number of fused-ring (bicyclic) bond motifs is 1. The SMILES string of the molecule is CC(C)(C)N(C(=O)O)C1CSc2ccccc2N(Cc2cc(F)cc(F)c2)C1=O. The normalized spacial score (nSPS) is 16.9. The number of carbonyl (C=O) groups excluding carboxylic acids is 1. The van der Waals surface area contributed by atoms with Crippen LogP contribution in [-0.2, 0) is 11.3 Å². The van der Waals surface area contributed by atoms with Crippen LogP contribution in [0.2, 0.25) is 0 Å². The van der Waals surface area contributed by atoms with Gasteiger partial charge in [-0.2, -0.15) is 0 Å². The van der Waals surface area contributed by atoms with Gasteiger partial charge < -0.3 is 10.0 Å². The van der Waals surface area contributed by atoms with Crippen LogP contribution in [0.25, 0.3) is 0 Å². The van der Waals surface area contributed by atoms with Gasteiger partial charge in [-0.15, -0.1) is 11.8 Å². The Morgan fingerprint density at radius 2 is 1.83 bits per heavy atom. The third-order valence-electron chi connectivity index (χ3n) is 4.61. The van der Waals surface area contributed by atoms with Crippen molar-refractivity contribution in [2.75, 3.05) is 10.7 Å². The van der Waals surface area contributed by atoms with Crippen LogP contribution in [0.15, 0.2) is 47.4 Å². The van der Waals surface area contributed by atoms with Gasteiger partial charge in [0.1, 0.15) is 17.7 Å². The minimum absolute atomic E-state index is 0.0702. The van der Waals surface area contributed by atoms with E-state index in [1.165, 1.54) is 28.8 Å². The maximum absolute atomic E-state index is 13.7. The first kappa shape index (κ1) is 21.1. The molecule has 29 heavy (non-hydrogen) atoms. The van der Waals surface area contributed by atoms with Crippen LogP contribution in [0, 0.1) is 11.6 Å². The molecule has 2 amide bonds. The lowest BCUT2D eigenvalue weighted by Gasteiger charge is -2.39. The van der Waals surface area contributed by atoms with E-state index in [1.54, 1.807) is 32.9 Å². The van der Waals surface area contributed by atoms with E-state index in [0.29, 0.717) is 5.69 Å². The standard InChI is InChI=1S/C21H22F2N2O3S/c1-21(2,3)25(20(27)28)17-12-29-18-7-5-4-6-16(18)24(19(17)26)11-13-8-14(22)10-15(23)9-13/h4-10,17H,11-12H2,1-3H3,(H,27,28). The molecule has 1 unspecified atom stereocenters. The van der Waals surface area contributed by atoms with Crippen LogP contribution in [-0.4, -0.2) is 39.3 Å². The lowest BCUT2D eigenvalue weighted by molar-refractivity contribution is -0.124. The van der Waals surface area contributed by atoms with Crippen LogP contribution in [0.4, 0.5) is 19.3 Å². The highest BCUT2D eigenvalue weighted by molar-refractivity contribution is 7.99. The van der Waals surface area contributed by atoms with Crippen molar-refractivity contribution in [2.24, 2.45) is 0 Å². The molecular weight excluding hydrogens is 398 g/mol. The quantitative estimate of drug-likeness (QED) is 0.778. The van der Waals surface area contributed by atoms with E-state index in [0.717, 1.165) is 15.9 Å². The lowest BCUT2D eigenvalue weighted by atomic mass is 10.0. The van der Waals surface area contributed by atoms with Gasteiger partial charge in [-0.25, -0.2) is 13.6 Å². The molecule has 1 aliphatic heterocycles. The first-order chi connectivity index (χ1) is 13.6. The van der Waals surface area contributed by atoms with Gasteiger partial charge in [-0.3, -0.25) is 9.69 Å². The molecule has 1 aliphatic rings. The lowest BCUT2D eigenvalue weighted by Crippen LogP contribution is -2.58. The van der Waals surface area contributed by atoms with Gasteiger partial charge in [0.2, 0.25) is 0 Å². The summed E-state index contributed by atoms with van der Waals surface area (Å²) in [6.45, 7) is 5.11. The molecule has 0 fully saturated rings. The Bertz CT molecular complexity index is 926. The van der Waals surface area contributed by atoms with E-state index in [-0.39, 0.29) is 17.9 Å². The van der Waals surface area contributed by atoms with Crippen molar-refractivity contribution in [3.63, 3.8) is 0 Å². The van der Waals surface area contributed by atoms with Crippen molar-refractivity contribution in [3.05, 3.63) is 59.7 Å². The highest BCUT2D eigenvalue weighted by Crippen LogP contribution is 2.37. The van der Waals surface area contributed by atoms with E-state index in [2.05, 4.69) is 0 Å². The zero-order chi connectivity index (χ0) is 21.3. The molecule has 8 heteroatoms. The van der Waals surface area contributed by atoms with Crippen LogP contribution in [0.1, 0.15) is 26.3 Å². The molecule has 0 saturated heterocycles. The molecule has 1 atom stereocenters. The number of amides is 2. The van der Waals surface area contributed by atoms with Crippen LogP contribution < -0.4 is 4.90 Å². The highest BCUT2D eigenvalue weighted by atomic mass is 32.2. The van der Waals surface area contributed by atoms with Gasteiger partial charge in [0.05, 0.1) is 12.2 Å². The predicted molar refractivity (Wildman–Crippen MR) is 108 cm³/mol. The molecule has 0 bridgehead atoms. The number of carbonyl (C=O) groups is 2. The Labute approximate surface area is 172 Å². The summed E-state index contributed by atoms with van der Waals surface area (Å²) in [7, 11) is 0. The number of hydrogen-bond donors (Lipinski definition) is 1. The van der Waals surface area contributed by atoms with Crippen molar-refractivity contribution in [2.45, 2.75) is 43.8 Å².